The summed E-state index contributed by atoms with van der Waals surface area (Å²) in [5.41, 5.74) is 6.74. The Morgan fingerprint density at radius 2 is 1.84 bits per heavy atom. The highest BCUT2D eigenvalue weighted by Crippen LogP contribution is 2.28. The maximum atomic E-state index is 12.6. The molecule has 2 aliphatic rings. The number of carbonyl (C=O) groups excluding carboxylic acids is 1. The number of nitrogens with zero attached hydrogens (tertiary/aromatic N) is 2. The molecule has 1 saturated carbocycles. The quantitative estimate of drug-likeness (QED) is 0.803. The fraction of sp³-hybridized carbons (Fsp3) is 0.588. The van der Waals surface area contributed by atoms with Crippen LogP contribution in [0.25, 0.3) is 0 Å². The Balaban J connectivity index is 1.70. The number of amides is 1. The Kier molecular flexibility index (Phi) is 5.31. The van der Waals surface area contributed by atoms with Gasteiger partial charge >= 0.3 is 0 Å². The molecule has 3 rings (SSSR count). The van der Waals surface area contributed by atoms with E-state index in [0.717, 1.165) is 19.3 Å². The lowest BCUT2D eigenvalue weighted by Gasteiger charge is -2.38. The largest absolute Gasteiger partial charge is 0.367 e. The van der Waals surface area contributed by atoms with Crippen molar-refractivity contribution < 1.29 is 13.2 Å². The second kappa shape index (κ2) is 7.31. The van der Waals surface area contributed by atoms with Crippen molar-refractivity contribution in [1.29, 1.82) is 0 Å². The number of benzene rings is 1. The molecule has 1 heterocycles. The van der Waals surface area contributed by atoms with E-state index in [9.17, 15) is 13.2 Å². The molecule has 8 heteroatoms. The molecule has 7 nitrogen and oxygen atoms in total. The second-order valence-electron chi connectivity index (χ2n) is 6.69. The number of para-hydroxylation sites is 1. The number of nitrogens with two attached hydrogens (primary N) is 1. The summed E-state index contributed by atoms with van der Waals surface area (Å²) in [6, 6.07) is 6.95. The van der Waals surface area contributed by atoms with Gasteiger partial charge in [0.25, 0.3) is 0 Å². The average molecular weight is 366 g/mol. The van der Waals surface area contributed by atoms with Crippen LogP contribution in [-0.4, -0.2) is 58.5 Å². The minimum atomic E-state index is -3.52. The van der Waals surface area contributed by atoms with Gasteiger partial charge in [0.15, 0.2) is 0 Å². The third-order valence-corrected chi connectivity index (χ3v) is 6.70. The Morgan fingerprint density at radius 3 is 2.44 bits per heavy atom. The van der Waals surface area contributed by atoms with E-state index < -0.39 is 10.0 Å². The minimum Gasteiger partial charge on any atom is -0.367 e. The van der Waals surface area contributed by atoms with Crippen molar-refractivity contribution in [2.75, 3.05) is 38.1 Å². The van der Waals surface area contributed by atoms with Crippen LogP contribution < -0.4 is 15.4 Å². The number of nitrogens with one attached hydrogen (secondary N) is 1. The molecule has 0 spiro atoms. The summed E-state index contributed by atoms with van der Waals surface area (Å²) < 4.78 is 26.8. The first-order chi connectivity index (χ1) is 11.9. The van der Waals surface area contributed by atoms with E-state index in [0.29, 0.717) is 31.9 Å². The third kappa shape index (κ3) is 3.65. The molecule has 0 radical (unpaired) electrons. The van der Waals surface area contributed by atoms with E-state index in [1.165, 1.54) is 7.05 Å². The fourth-order valence-corrected chi connectivity index (χ4v) is 4.70. The lowest BCUT2D eigenvalue weighted by molar-refractivity contribution is -0.136. The number of hydrogen-bond donors (Lipinski definition) is 2. The smallest absolute Gasteiger partial charge is 0.242 e. The maximum absolute atomic E-state index is 12.6. The molecule has 1 aliphatic carbocycles. The van der Waals surface area contributed by atoms with E-state index in [1.54, 1.807) is 12.1 Å². The number of sulfonamides is 1. The maximum Gasteiger partial charge on any atom is 0.242 e. The third-order valence-electron chi connectivity index (χ3n) is 5.24. The number of carbonyl (C=O) groups is 1. The van der Waals surface area contributed by atoms with Gasteiger partial charge in [0.1, 0.15) is 4.90 Å². The molecule has 138 valence electrons. The van der Waals surface area contributed by atoms with Gasteiger partial charge in [0.2, 0.25) is 15.9 Å². The molecule has 2 unspecified atom stereocenters. The Hall–Kier alpha value is -1.64. The van der Waals surface area contributed by atoms with Gasteiger partial charge < -0.3 is 15.5 Å². The molecule has 1 amide bonds. The lowest BCUT2D eigenvalue weighted by Crippen LogP contribution is -2.52. The Labute approximate surface area is 149 Å². The summed E-state index contributed by atoms with van der Waals surface area (Å²) in [5, 5.41) is 0. The number of piperazine rings is 1. The summed E-state index contributed by atoms with van der Waals surface area (Å²) in [6.45, 7) is 2.42. The fourth-order valence-electron chi connectivity index (χ4n) is 3.75. The number of rotatable bonds is 4. The van der Waals surface area contributed by atoms with Crippen LogP contribution in [0.3, 0.4) is 0 Å². The molecular weight excluding hydrogens is 340 g/mol. The second-order valence-corrected chi connectivity index (χ2v) is 8.54. The van der Waals surface area contributed by atoms with Crippen LogP contribution >= 0.6 is 0 Å². The normalized spacial score (nSPS) is 24.6. The van der Waals surface area contributed by atoms with Crippen molar-refractivity contribution in [3.8, 4) is 0 Å². The standard InChI is InChI=1S/C17H26N4O3S/c1-19-25(23,24)16-8-3-2-7-15(16)20-9-11-21(12-10-20)17(22)13-5-4-6-14(13)18/h2-3,7-8,13-14,19H,4-6,9-12,18H2,1H3. The van der Waals surface area contributed by atoms with Crippen molar-refractivity contribution in [2.45, 2.75) is 30.2 Å². The molecule has 1 aromatic carbocycles. The minimum absolute atomic E-state index is 0.0213. The van der Waals surface area contributed by atoms with Crippen LogP contribution in [0.2, 0.25) is 0 Å². The number of anilines is 1. The molecule has 25 heavy (non-hydrogen) atoms. The molecule has 2 fully saturated rings. The molecule has 1 aromatic rings. The van der Waals surface area contributed by atoms with Crippen molar-refractivity contribution in [3.63, 3.8) is 0 Å². The SMILES string of the molecule is CNS(=O)(=O)c1ccccc1N1CCN(C(=O)C2CCCC2N)CC1. The molecule has 2 atom stereocenters. The van der Waals surface area contributed by atoms with Crippen LogP contribution in [0.15, 0.2) is 29.2 Å². The van der Waals surface area contributed by atoms with Crippen LogP contribution in [0.5, 0.6) is 0 Å². The Morgan fingerprint density at radius 1 is 1.16 bits per heavy atom. The van der Waals surface area contributed by atoms with Gasteiger partial charge in [-0.25, -0.2) is 13.1 Å². The van der Waals surface area contributed by atoms with Crippen molar-refractivity contribution >= 4 is 21.6 Å². The highest BCUT2D eigenvalue weighted by molar-refractivity contribution is 7.89. The molecule has 3 N–H and O–H groups in total. The topological polar surface area (TPSA) is 95.7 Å². The first-order valence-electron chi connectivity index (χ1n) is 8.76. The van der Waals surface area contributed by atoms with Crippen LogP contribution in [0.1, 0.15) is 19.3 Å². The predicted octanol–water partition coefficient (Wildman–Crippen LogP) is 0.371. The first-order valence-corrected chi connectivity index (χ1v) is 10.2. The molecule has 0 bridgehead atoms. The monoisotopic (exact) mass is 366 g/mol. The zero-order valence-electron chi connectivity index (χ0n) is 14.5. The summed E-state index contributed by atoms with van der Waals surface area (Å²) in [7, 11) is -2.11. The summed E-state index contributed by atoms with van der Waals surface area (Å²) in [5.74, 6) is 0.101. The molecular formula is C17H26N4O3S. The van der Waals surface area contributed by atoms with Crippen molar-refractivity contribution in [1.82, 2.24) is 9.62 Å². The Bertz CT molecular complexity index is 729. The van der Waals surface area contributed by atoms with Gasteiger partial charge in [-0.05, 0) is 32.0 Å². The molecule has 1 saturated heterocycles. The zero-order valence-corrected chi connectivity index (χ0v) is 15.3. The van der Waals surface area contributed by atoms with E-state index in [4.69, 9.17) is 5.73 Å². The van der Waals surface area contributed by atoms with Gasteiger partial charge in [0, 0.05) is 32.2 Å². The lowest BCUT2D eigenvalue weighted by atomic mass is 10.0. The van der Waals surface area contributed by atoms with Gasteiger partial charge in [-0.2, -0.15) is 0 Å². The van der Waals surface area contributed by atoms with Crippen LogP contribution in [0, 0.1) is 5.92 Å². The number of hydrogen-bond acceptors (Lipinski definition) is 5. The van der Waals surface area contributed by atoms with Gasteiger partial charge in [-0.3, -0.25) is 4.79 Å². The predicted molar refractivity (Wildman–Crippen MR) is 96.8 cm³/mol. The molecule has 0 aromatic heterocycles. The highest BCUT2D eigenvalue weighted by atomic mass is 32.2. The van der Waals surface area contributed by atoms with E-state index in [1.807, 2.05) is 21.9 Å². The van der Waals surface area contributed by atoms with Crippen LogP contribution in [0.4, 0.5) is 5.69 Å². The average Bonchev–Trinajstić information content (AvgIpc) is 3.07. The van der Waals surface area contributed by atoms with Gasteiger partial charge in [-0.15, -0.1) is 0 Å². The summed E-state index contributed by atoms with van der Waals surface area (Å²) >= 11 is 0. The van der Waals surface area contributed by atoms with Crippen molar-refractivity contribution in [3.05, 3.63) is 24.3 Å². The zero-order chi connectivity index (χ0) is 18.0. The van der Waals surface area contributed by atoms with E-state index in [-0.39, 0.29) is 22.8 Å². The van der Waals surface area contributed by atoms with Crippen molar-refractivity contribution in [2.24, 2.45) is 11.7 Å². The van der Waals surface area contributed by atoms with Gasteiger partial charge in [0.05, 0.1) is 11.6 Å². The summed E-state index contributed by atoms with van der Waals surface area (Å²) in [4.78, 5) is 16.8. The molecule has 1 aliphatic heterocycles. The first kappa shape index (κ1) is 18.2. The van der Waals surface area contributed by atoms with Gasteiger partial charge in [-0.1, -0.05) is 18.6 Å². The van der Waals surface area contributed by atoms with Crippen LogP contribution in [-0.2, 0) is 14.8 Å². The highest BCUT2D eigenvalue weighted by Gasteiger charge is 2.35. The summed E-state index contributed by atoms with van der Waals surface area (Å²) in [6.07, 6.45) is 2.82. The van der Waals surface area contributed by atoms with E-state index >= 15 is 0 Å². The van der Waals surface area contributed by atoms with E-state index in [2.05, 4.69) is 4.72 Å².